The predicted octanol–water partition coefficient (Wildman–Crippen LogP) is 3.39. The number of halogens is 2. The van der Waals surface area contributed by atoms with Crippen LogP contribution >= 0.6 is 15.9 Å². The van der Waals surface area contributed by atoms with Crippen LogP contribution in [-0.2, 0) is 4.74 Å². The standard InChI is InChI=1S/C19H20BrFN2O2/c20-17-4-2-1-3-16(17)19(24)22-13-18(23-9-11-25-12-10-23)14-5-7-15(21)8-6-14/h1-8,18H,9-13H2,(H,22,24)/t18-/m0/s1. The lowest BCUT2D eigenvalue weighted by atomic mass is 10.0. The predicted molar refractivity (Wildman–Crippen MR) is 98.0 cm³/mol. The van der Waals surface area contributed by atoms with Crippen molar-refractivity contribution >= 4 is 21.8 Å². The maximum atomic E-state index is 13.3. The second-order valence-corrected chi connectivity index (χ2v) is 6.76. The van der Waals surface area contributed by atoms with Gasteiger partial charge in [-0.15, -0.1) is 0 Å². The average Bonchev–Trinajstić information content (AvgIpc) is 2.64. The summed E-state index contributed by atoms with van der Waals surface area (Å²) in [7, 11) is 0. The first-order valence-corrected chi connectivity index (χ1v) is 9.04. The van der Waals surface area contributed by atoms with Gasteiger partial charge in [0.1, 0.15) is 5.82 Å². The number of nitrogens with zero attached hydrogens (tertiary/aromatic N) is 1. The molecule has 1 fully saturated rings. The van der Waals surface area contributed by atoms with E-state index in [2.05, 4.69) is 26.1 Å². The van der Waals surface area contributed by atoms with Crippen molar-refractivity contribution in [2.24, 2.45) is 0 Å². The van der Waals surface area contributed by atoms with Gasteiger partial charge < -0.3 is 10.1 Å². The third-order valence-corrected chi connectivity index (χ3v) is 5.01. The van der Waals surface area contributed by atoms with E-state index in [1.165, 1.54) is 12.1 Å². The molecule has 0 spiro atoms. The van der Waals surface area contributed by atoms with Crippen LogP contribution in [0.4, 0.5) is 4.39 Å². The monoisotopic (exact) mass is 406 g/mol. The maximum Gasteiger partial charge on any atom is 0.252 e. The van der Waals surface area contributed by atoms with Crippen LogP contribution in [0.2, 0.25) is 0 Å². The fourth-order valence-corrected chi connectivity index (χ4v) is 3.43. The van der Waals surface area contributed by atoms with Gasteiger partial charge in [-0.2, -0.15) is 0 Å². The Kier molecular flexibility index (Phi) is 6.18. The topological polar surface area (TPSA) is 41.6 Å². The lowest BCUT2D eigenvalue weighted by Crippen LogP contribution is -2.43. The largest absolute Gasteiger partial charge is 0.379 e. The average molecular weight is 407 g/mol. The first-order chi connectivity index (χ1) is 12.1. The molecule has 2 aromatic carbocycles. The summed E-state index contributed by atoms with van der Waals surface area (Å²) in [6.45, 7) is 3.34. The number of benzene rings is 2. The zero-order valence-corrected chi connectivity index (χ0v) is 15.3. The van der Waals surface area contributed by atoms with Crippen molar-refractivity contribution in [1.29, 1.82) is 0 Å². The summed E-state index contributed by atoms with van der Waals surface area (Å²) in [6, 6.07) is 13.8. The van der Waals surface area contributed by atoms with Gasteiger partial charge in [0.05, 0.1) is 24.8 Å². The van der Waals surface area contributed by atoms with E-state index < -0.39 is 0 Å². The van der Waals surface area contributed by atoms with Gasteiger partial charge in [-0.05, 0) is 45.8 Å². The minimum Gasteiger partial charge on any atom is -0.379 e. The van der Waals surface area contributed by atoms with E-state index >= 15 is 0 Å². The number of carbonyl (C=O) groups excluding carboxylic acids is 1. The molecule has 0 radical (unpaired) electrons. The Morgan fingerprint density at radius 3 is 2.52 bits per heavy atom. The molecule has 1 heterocycles. The molecule has 2 aromatic rings. The Morgan fingerprint density at radius 2 is 1.84 bits per heavy atom. The van der Waals surface area contributed by atoms with E-state index in [0.29, 0.717) is 25.3 Å². The minimum absolute atomic E-state index is 0.0177. The van der Waals surface area contributed by atoms with Gasteiger partial charge in [0.15, 0.2) is 0 Å². The zero-order valence-electron chi connectivity index (χ0n) is 13.8. The lowest BCUT2D eigenvalue weighted by molar-refractivity contribution is 0.0162. The van der Waals surface area contributed by atoms with Crippen molar-refractivity contribution in [2.45, 2.75) is 6.04 Å². The number of carbonyl (C=O) groups is 1. The highest BCUT2D eigenvalue weighted by atomic mass is 79.9. The van der Waals surface area contributed by atoms with E-state index in [1.807, 2.05) is 18.2 Å². The van der Waals surface area contributed by atoms with Crippen molar-refractivity contribution in [1.82, 2.24) is 10.2 Å². The third kappa shape index (κ3) is 4.66. The summed E-state index contributed by atoms with van der Waals surface area (Å²) in [5.41, 5.74) is 1.58. The molecule has 0 saturated carbocycles. The van der Waals surface area contributed by atoms with Crippen molar-refractivity contribution in [3.63, 3.8) is 0 Å². The second-order valence-electron chi connectivity index (χ2n) is 5.91. The number of rotatable bonds is 5. The molecule has 1 N–H and O–H groups in total. The molecular formula is C19H20BrFN2O2. The Hall–Kier alpha value is -1.76. The van der Waals surface area contributed by atoms with Crippen LogP contribution in [0.1, 0.15) is 22.0 Å². The van der Waals surface area contributed by atoms with Gasteiger partial charge in [-0.3, -0.25) is 9.69 Å². The Balaban J connectivity index is 1.74. The van der Waals surface area contributed by atoms with Crippen LogP contribution < -0.4 is 5.32 Å². The normalized spacial score (nSPS) is 16.4. The summed E-state index contributed by atoms with van der Waals surface area (Å²) in [5.74, 6) is -0.394. The fraction of sp³-hybridized carbons (Fsp3) is 0.316. The Labute approximate surface area is 155 Å². The number of morpholine rings is 1. The first kappa shape index (κ1) is 18.0. The van der Waals surface area contributed by atoms with Crippen molar-refractivity contribution in [3.8, 4) is 0 Å². The number of hydrogen-bond acceptors (Lipinski definition) is 3. The van der Waals surface area contributed by atoms with E-state index in [4.69, 9.17) is 4.74 Å². The Morgan fingerprint density at radius 1 is 1.16 bits per heavy atom. The minimum atomic E-state index is -0.262. The Bertz CT molecular complexity index is 718. The van der Waals surface area contributed by atoms with E-state index in [1.54, 1.807) is 18.2 Å². The molecule has 4 nitrogen and oxygen atoms in total. The highest BCUT2D eigenvalue weighted by Crippen LogP contribution is 2.22. The summed E-state index contributed by atoms with van der Waals surface area (Å²) in [4.78, 5) is 14.8. The smallest absolute Gasteiger partial charge is 0.252 e. The van der Waals surface area contributed by atoms with Crippen LogP contribution in [0, 0.1) is 5.82 Å². The van der Waals surface area contributed by atoms with E-state index in [-0.39, 0.29) is 17.8 Å². The van der Waals surface area contributed by atoms with E-state index in [0.717, 1.165) is 23.1 Å². The summed E-state index contributed by atoms with van der Waals surface area (Å²) in [5, 5.41) is 3.01. The van der Waals surface area contributed by atoms with Crippen LogP contribution in [-0.4, -0.2) is 43.7 Å². The molecule has 132 valence electrons. The quantitative estimate of drug-likeness (QED) is 0.827. The first-order valence-electron chi connectivity index (χ1n) is 8.25. The van der Waals surface area contributed by atoms with Gasteiger partial charge in [0.25, 0.3) is 5.91 Å². The zero-order chi connectivity index (χ0) is 17.6. The molecular weight excluding hydrogens is 387 g/mol. The van der Waals surface area contributed by atoms with Gasteiger partial charge in [-0.1, -0.05) is 24.3 Å². The number of amides is 1. The van der Waals surface area contributed by atoms with Crippen molar-refractivity contribution in [3.05, 3.63) is 69.9 Å². The van der Waals surface area contributed by atoms with Gasteiger partial charge in [0.2, 0.25) is 0 Å². The molecule has 1 saturated heterocycles. The van der Waals surface area contributed by atoms with Crippen molar-refractivity contribution < 1.29 is 13.9 Å². The van der Waals surface area contributed by atoms with Gasteiger partial charge in [-0.25, -0.2) is 4.39 Å². The van der Waals surface area contributed by atoms with Crippen LogP contribution in [0.15, 0.2) is 53.0 Å². The number of hydrogen-bond donors (Lipinski definition) is 1. The molecule has 0 aromatic heterocycles. The molecule has 6 heteroatoms. The molecule has 1 aliphatic heterocycles. The lowest BCUT2D eigenvalue weighted by Gasteiger charge is -2.35. The molecule has 0 aliphatic carbocycles. The third-order valence-electron chi connectivity index (χ3n) is 4.32. The number of ether oxygens (including phenoxy) is 1. The van der Waals surface area contributed by atoms with Gasteiger partial charge >= 0.3 is 0 Å². The fourth-order valence-electron chi connectivity index (χ4n) is 2.96. The second kappa shape index (κ2) is 8.56. The molecule has 0 unspecified atom stereocenters. The summed E-state index contributed by atoms with van der Waals surface area (Å²) < 4.78 is 19.4. The summed E-state index contributed by atoms with van der Waals surface area (Å²) >= 11 is 3.40. The molecule has 1 aliphatic rings. The van der Waals surface area contributed by atoms with Gasteiger partial charge in [0, 0.05) is 24.1 Å². The van der Waals surface area contributed by atoms with Crippen LogP contribution in [0.3, 0.4) is 0 Å². The highest BCUT2D eigenvalue weighted by molar-refractivity contribution is 9.10. The molecule has 0 bridgehead atoms. The summed E-state index contributed by atoms with van der Waals surface area (Å²) in [6.07, 6.45) is 0. The molecule has 25 heavy (non-hydrogen) atoms. The van der Waals surface area contributed by atoms with Crippen LogP contribution in [0.5, 0.6) is 0 Å². The van der Waals surface area contributed by atoms with Crippen molar-refractivity contribution in [2.75, 3.05) is 32.8 Å². The van der Waals surface area contributed by atoms with E-state index in [9.17, 15) is 9.18 Å². The molecule has 1 atom stereocenters. The number of nitrogens with one attached hydrogen (secondary N) is 1. The highest BCUT2D eigenvalue weighted by Gasteiger charge is 2.23. The molecule has 3 rings (SSSR count). The SMILES string of the molecule is O=C(NC[C@@H](c1ccc(F)cc1)N1CCOCC1)c1ccccc1Br. The van der Waals surface area contributed by atoms with Crippen LogP contribution in [0.25, 0.3) is 0 Å². The maximum absolute atomic E-state index is 13.3. The molecule has 1 amide bonds.